The van der Waals surface area contributed by atoms with Gasteiger partial charge in [0.1, 0.15) is 0 Å². The number of fused-ring (bicyclic) bond motifs is 6. The van der Waals surface area contributed by atoms with Crippen molar-refractivity contribution in [3.63, 3.8) is 0 Å². The Balaban J connectivity index is 0.000000191. The molecule has 7 rings (SSSR count). The molecule has 0 amide bonds. The Morgan fingerprint density at radius 3 is 1.76 bits per heavy atom. The molecule has 0 saturated heterocycles. The molecule has 2 heterocycles. The first-order chi connectivity index (χ1) is 18.3. The molecule has 1 radical (unpaired) electrons. The SMILES string of the molecule is Cc1ccc(-c2[c-]cc3c4ccccc4c4ccccc4c3c2)nc1.[Ir].[c-]1ccccc1-c1ccccn1. The van der Waals surface area contributed by atoms with Crippen molar-refractivity contribution in [1.29, 1.82) is 0 Å². The Bertz CT molecular complexity index is 1740. The molecule has 2 nitrogen and oxygen atoms in total. The van der Waals surface area contributed by atoms with E-state index in [-0.39, 0.29) is 20.1 Å². The maximum atomic E-state index is 4.57. The summed E-state index contributed by atoms with van der Waals surface area (Å²) in [6, 6.07) is 46.0. The third-order valence-electron chi connectivity index (χ3n) is 6.51. The van der Waals surface area contributed by atoms with Crippen LogP contribution < -0.4 is 0 Å². The van der Waals surface area contributed by atoms with Crippen LogP contribution in [0.1, 0.15) is 5.56 Å². The first-order valence-corrected chi connectivity index (χ1v) is 12.3. The van der Waals surface area contributed by atoms with Gasteiger partial charge in [0, 0.05) is 32.5 Å². The molecular formula is C35H24IrN2-2. The molecule has 3 heteroatoms. The van der Waals surface area contributed by atoms with Gasteiger partial charge in [-0.15, -0.1) is 59.7 Å². The van der Waals surface area contributed by atoms with Crippen molar-refractivity contribution in [2.45, 2.75) is 6.92 Å². The summed E-state index contributed by atoms with van der Waals surface area (Å²) in [5.74, 6) is 0. The van der Waals surface area contributed by atoms with Crippen molar-refractivity contribution in [3.8, 4) is 22.5 Å². The molecule has 0 N–H and O–H groups in total. The summed E-state index contributed by atoms with van der Waals surface area (Å²) in [6.07, 6.45) is 3.70. The van der Waals surface area contributed by atoms with Gasteiger partial charge in [0.2, 0.25) is 0 Å². The molecule has 0 spiro atoms. The number of pyridine rings is 2. The summed E-state index contributed by atoms with van der Waals surface area (Å²) in [4.78, 5) is 8.78. The molecule has 7 aromatic rings. The third kappa shape index (κ3) is 5.13. The Morgan fingerprint density at radius 1 is 0.526 bits per heavy atom. The molecule has 38 heavy (non-hydrogen) atoms. The minimum absolute atomic E-state index is 0. The summed E-state index contributed by atoms with van der Waals surface area (Å²) in [6.45, 7) is 2.06. The number of nitrogens with zero attached hydrogens (tertiary/aromatic N) is 2. The van der Waals surface area contributed by atoms with Crippen molar-refractivity contribution in [1.82, 2.24) is 9.97 Å². The standard InChI is InChI=1S/C24H16N.C11H8N.Ir/c1-16-10-13-24(25-15-16)17-11-12-22-20-8-3-2-6-18(20)19-7-4-5-9-21(19)23(22)14-17;1-2-6-10(7-3-1)11-8-4-5-9-12-11;/h2-10,12-15H,1H3;1-6,8-9H;/q2*-1;. The van der Waals surface area contributed by atoms with Gasteiger partial charge < -0.3 is 9.97 Å². The monoisotopic (exact) mass is 665 g/mol. The van der Waals surface area contributed by atoms with Crippen LogP contribution in [0.15, 0.2) is 128 Å². The van der Waals surface area contributed by atoms with Crippen molar-refractivity contribution in [2.24, 2.45) is 0 Å². The molecule has 0 fully saturated rings. The minimum atomic E-state index is 0. The predicted molar refractivity (Wildman–Crippen MR) is 154 cm³/mol. The number of hydrogen-bond donors (Lipinski definition) is 0. The molecule has 0 aliphatic heterocycles. The predicted octanol–water partition coefficient (Wildman–Crippen LogP) is 8.86. The van der Waals surface area contributed by atoms with E-state index in [0.29, 0.717) is 0 Å². The van der Waals surface area contributed by atoms with Gasteiger partial charge in [0.25, 0.3) is 0 Å². The van der Waals surface area contributed by atoms with Crippen molar-refractivity contribution < 1.29 is 20.1 Å². The molecule has 0 aliphatic carbocycles. The average molecular weight is 665 g/mol. The van der Waals surface area contributed by atoms with Gasteiger partial charge in [0.15, 0.2) is 0 Å². The Hall–Kier alpha value is -4.17. The first kappa shape index (κ1) is 25.5. The molecule has 0 atom stereocenters. The van der Waals surface area contributed by atoms with E-state index < -0.39 is 0 Å². The first-order valence-electron chi connectivity index (χ1n) is 12.3. The second-order valence-corrected chi connectivity index (χ2v) is 8.98. The van der Waals surface area contributed by atoms with Crippen LogP contribution in [0.2, 0.25) is 0 Å². The van der Waals surface area contributed by atoms with E-state index in [2.05, 4.69) is 102 Å². The normalized spacial score (nSPS) is 10.6. The van der Waals surface area contributed by atoms with Crippen molar-refractivity contribution in [3.05, 3.63) is 145 Å². The molecule has 5 aromatic carbocycles. The van der Waals surface area contributed by atoms with Gasteiger partial charge in [-0.25, -0.2) is 0 Å². The maximum absolute atomic E-state index is 4.57. The fraction of sp³-hybridized carbons (Fsp3) is 0.0286. The summed E-state index contributed by atoms with van der Waals surface area (Å²) >= 11 is 0. The fourth-order valence-electron chi connectivity index (χ4n) is 4.69. The van der Waals surface area contributed by atoms with Crippen molar-refractivity contribution in [2.75, 3.05) is 0 Å². The van der Waals surface area contributed by atoms with E-state index in [9.17, 15) is 0 Å². The van der Waals surface area contributed by atoms with Gasteiger partial charge in [-0.3, -0.25) is 0 Å². The Kier molecular flexibility index (Phi) is 7.70. The zero-order valence-electron chi connectivity index (χ0n) is 20.9. The van der Waals surface area contributed by atoms with E-state index in [1.807, 2.05) is 48.7 Å². The van der Waals surface area contributed by atoms with E-state index >= 15 is 0 Å². The Morgan fingerprint density at radius 2 is 1.16 bits per heavy atom. The fourth-order valence-corrected chi connectivity index (χ4v) is 4.69. The van der Waals surface area contributed by atoms with Crippen LogP contribution in [0.25, 0.3) is 54.8 Å². The average Bonchev–Trinajstić information content (AvgIpc) is 2.99. The molecular weight excluding hydrogens is 641 g/mol. The van der Waals surface area contributed by atoms with Gasteiger partial charge in [0.05, 0.1) is 0 Å². The van der Waals surface area contributed by atoms with Gasteiger partial charge >= 0.3 is 0 Å². The molecule has 0 bridgehead atoms. The van der Waals surface area contributed by atoms with E-state index in [4.69, 9.17) is 0 Å². The van der Waals surface area contributed by atoms with Crippen LogP contribution in [0.3, 0.4) is 0 Å². The smallest absolute Gasteiger partial charge is 0.0190 e. The molecule has 0 saturated carbocycles. The number of rotatable bonds is 2. The van der Waals surface area contributed by atoms with Crippen LogP contribution in [-0.2, 0) is 20.1 Å². The maximum Gasteiger partial charge on any atom is 0.0190 e. The van der Waals surface area contributed by atoms with Crippen LogP contribution in [0, 0.1) is 19.1 Å². The second kappa shape index (κ2) is 11.5. The number of hydrogen-bond acceptors (Lipinski definition) is 2. The van der Waals surface area contributed by atoms with E-state index in [1.165, 1.54) is 37.9 Å². The second-order valence-electron chi connectivity index (χ2n) is 8.98. The zero-order chi connectivity index (χ0) is 25.0. The van der Waals surface area contributed by atoms with Gasteiger partial charge in [-0.2, -0.15) is 0 Å². The number of benzene rings is 5. The molecule has 0 aliphatic rings. The summed E-state index contributed by atoms with van der Waals surface area (Å²) in [7, 11) is 0. The van der Waals surface area contributed by atoms with Gasteiger partial charge in [-0.1, -0.05) is 89.0 Å². The molecule has 0 unspecified atom stereocenters. The summed E-state index contributed by atoms with van der Waals surface area (Å²) in [5, 5.41) is 7.63. The molecule has 185 valence electrons. The zero-order valence-corrected chi connectivity index (χ0v) is 23.2. The number of aromatic nitrogens is 2. The molecule has 2 aromatic heterocycles. The van der Waals surface area contributed by atoms with E-state index in [0.717, 1.165) is 22.5 Å². The third-order valence-corrected chi connectivity index (χ3v) is 6.51. The van der Waals surface area contributed by atoms with Crippen LogP contribution in [-0.4, -0.2) is 9.97 Å². The topological polar surface area (TPSA) is 25.8 Å². The van der Waals surface area contributed by atoms with E-state index in [1.54, 1.807) is 6.20 Å². The van der Waals surface area contributed by atoms with Gasteiger partial charge in [-0.05, 0) is 46.1 Å². The summed E-state index contributed by atoms with van der Waals surface area (Å²) in [5.41, 5.74) is 5.18. The number of aryl methyl sites for hydroxylation is 1. The van der Waals surface area contributed by atoms with Crippen LogP contribution in [0.5, 0.6) is 0 Å². The van der Waals surface area contributed by atoms with Crippen molar-refractivity contribution >= 4 is 32.3 Å². The minimum Gasteiger partial charge on any atom is -0.305 e. The largest absolute Gasteiger partial charge is 0.305 e. The van der Waals surface area contributed by atoms with Crippen LogP contribution in [0.4, 0.5) is 0 Å². The Labute approximate surface area is 236 Å². The summed E-state index contributed by atoms with van der Waals surface area (Å²) < 4.78 is 0. The quantitative estimate of drug-likeness (QED) is 0.136. The van der Waals surface area contributed by atoms with Crippen LogP contribution >= 0.6 is 0 Å².